The van der Waals surface area contributed by atoms with Crippen molar-refractivity contribution in [3.63, 3.8) is 0 Å². The van der Waals surface area contributed by atoms with Gasteiger partial charge in [0.1, 0.15) is 5.56 Å². The fourth-order valence-corrected chi connectivity index (χ4v) is 4.13. The number of fused-ring (bicyclic) bond motifs is 3. The smallest absolute Gasteiger partial charge is 0.260 e. The lowest BCUT2D eigenvalue weighted by Gasteiger charge is -2.38. The van der Waals surface area contributed by atoms with Gasteiger partial charge in [0.25, 0.3) is 11.5 Å². The Morgan fingerprint density at radius 3 is 2.85 bits per heavy atom. The number of amides is 1. The van der Waals surface area contributed by atoms with Gasteiger partial charge in [0, 0.05) is 29.3 Å². The molecule has 0 aliphatic carbocycles. The number of pyridine rings is 1. The number of para-hydroxylation sites is 1. The summed E-state index contributed by atoms with van der Waals surface area (Å²) in [4.78, 5) is 33.1. The number of nitrogens with one attached hydrogen (secondary N) is 2. The van der Waals surface area contributed by atoms with Crippen LogP contribution in [-0.2, 0) is 6.42 Å². The second-order valence-corrected chi connectivity index (χ2v) is 7.50. The van der Waals surface area contributed by atoms with Gasteiger partial charge in [-0.15, -0.1) is 0 Å². The van der Waals surface area contributed by atoms with Crippen LogP contribution in [0.15, 0.2) is 41.3 Å². The number of rotatable bonds is 2. The van der Waals surface area contributed by atoms with Gasteiger partial charge in [0.05, 0.1) is 11.1 Å². The Hall–Kier alpha value is -2.53. The van der Waals surface area contributed by atoms with Crippen LogP contribution in [0.2, 0.25) is 5.02 Å². The molecule has 0 fully saturated rings. The van der Waals surface area contributed by atoms with E-state index >= 15 is 0 Å². The average molecular weight is 370 g/mol. The predicted octanol–water partition coefficient (Wildman–Crippen LogP) is 3.91. The maximum atomic E-state index is 13.1. The Labute approximate surface area is 156 Å². The molecule has 3 aromatic rings. The van der Waals surface area contributed by atoms with E-state index in [0.29, 0.717) is 11.6 Å². The molecule has 5 nitrogen and oxygen atoms in total. The minimum absolute atomic E-state index is 0.0858. The first-order chi connectivity index (χ1) is 12.5. The van der Waals surface area contributed by atoms with E-state index in [0.717, 1.165) is 17.6 Å². The second-order valence-electron chi connectivity index (χ2n) is 7.06. The van der Waals surface area contributed by atoms with Crippen molar-refractivity contribution in [3.05, 3.63) is 68.7 Å². The van der Waals surface area contributed by atoms with E-state index < -0.39 is 5.56 Å². The minimum Gasteiger partial charge on any atom is -0.356 e. The molecule has 0 spiro atoms. The van der Waals surface area contributed by atoms with Crippen LogP contribution in [0.1, 0.15) is 41.5 Å². The van der Waals surface area contributed by atoms with Gasteiger partial charge in [0.15, 0.2) is 0 Å². The minimum atomic E-state index is -0.413. The monoisotopic (exact) mass is 369 g/mol. The molecule has 0 bridgehead atoms. The Morgan fingerprint density at radius 1 is 1.31 bits per heavy atom. The number of H-pyrrole nitrogens is 2. The lowest BCUT2D eigenvalue weighted by Crippen LogP contribution is -2.43. The molecule has 1 aromatic carbocycles. The van der Waals surface area contributed by atoms with Gasteiger partial charge in [-0.2, -0.15) is 0 Å². The van der Waals surface area contributed by atoms with Gasteiger partial charge in [-0.3, -0.25) is 9.59 Å². The molecule has 3 heterocycles. The summed E-state index contributed by atoms with van der Waals surface area (Å²) >= 11 is 5.99. The van der Waals surface area contributed by atoms with E-state index in [1.807, 2.05) is 12.1 Å². The standard InChI is InChI=1S/C20H20ClN3O2/c1-11(2)18-17-14(13-5-3-4-6-16(13)23-17)7-8-24(18)20(26)15-9-12(21)10-22-19(15)25/h3-6,9-11,18,23H,7-8H2,1-2H3,(H,22,25)/t18-/m1/s1. The van der Waals surface area contributed by atoms with E-state index in [1.165, 1.54) is 23.2 Å². The van der Waals surface area contributed by atoms with Crippen molar-refractivity contribution in [1.82, 2.24) is 14.9 Å². The number of halogens is 1. The Kier molecular flexibility index (Phi) is 4.11. The third kappa shape index (κ3) is 2.63. The summed E-state index contributed by atoms with van der Waals surface area (Å²) in [6.07, 6.45) is 2.15. The highest BCUT2D eigenvalue weighted by atomic mass is 35.5. The summed E-state index contributed by atoms with van der Waals surface area (Å²) in [5, 5.41) is 1.55. The van der Waals surface area contributed by atoms with Crippen LogP contribution in [0.4, 0.5) is 0 Å². The molecule has 0 radical (unpaired) electrons. The first kappa shape index (κ1) is 16.9. The fraction of sp³-hybridized carbons (Fsp3) is 0.300. The highest BCUT2D eigenvalue weighted by molar-refractivity contribution is 6.30. The number of benzene rings is 1. The maximum Gasteiger partial charge on any atom is 0.260 e. The Morgan fingerprint density at radius 2 is 2.08 bits per heavy atom. The highest BCUT2D eigenvalue weighted by Gasteiger charge is 2.36. The van der Waals surface area contributed by atoms with E-state index in [9.17, 15) is 9.59 Å². The molecular weight excluding hydrogens is 350 g/mol. The lowest BCUT2D eigenvalue weighted by atomic mass is 9.90. The van der Waals surface area contributed by atoms with Crippen molar-refractivity contribution in [2.24, 2.45) is 5.92 Å². The quantitative estimate of drug-likeness (QED) is 0.719. The van der Waals surface area contributed by atoms with Crippen molar-refractivity contribution in [2.45, 2.75) is 26.3 Å². The van der Waals surface area contributed by atoms with Crippen LogP contribution in [-0.4, -0.2) is 27.3 Å². The van der Waals surface area contributed by atoms with Crippen molar-refractivity contribution in [1.29, 1.82) is 0 Å². The molecule has 134 valence electrons. The van der Waals surface area contributed by atoms with E-state index in [2.05, 4.69) is 35.9 Å². The number of aromatic amines is 2. The van der Waals surface area contributed by atoms with Crippen LogP contribution < -0.4 is 5.56 Å². The zero-order chi connectivity index (χ0) is 18.4. The first-order valence-corrected chi connectivity index (χ1v) is 9.14. The average Bonchev–Trinajstić information content (AvgIpc) is 3.00. The summed E-state index contributed by atoms with van der Waals surface area (Å²) in [5.74, 6) is -0.0823. The first-order valence-electron chi connectivity index (χ1n) is 8.76. The van der Waals surface area contributed by atoms with Crippen molar-refractivity contribution in [3.8, 4) is 0 Å². The third-order valence-electron chi connectivity index (χ3n) is 5.07. The van der Waals surface area contributed by atoms with Gasteiger partial charge in [-0.1, -0.05) is 43.6 Å². The molecule has 26 heavy (non-hydrogen) atoms. The van der Waals surface area contributed by atoms with Gasteiger partial charge < -0.3 is 14.9 Å². The maximum absolute atomic E-state index is 13.1. The summed E-state index contributed by atoms with van der Waals surface area (Å²) in [6.45, 7) is 4.75. The van der Waals surface area contributed by atoms with Gasteiger partial charge in [-0.25, -0.2) is 0 Å². The Balaban J connectivity index is 1.81. The molecule has 2 aromatic heterocycles. The number of nitrogens with zero attached hydrogens (tertiary/aromatic N) is 1. The van der Waals surface area contributed by atoms with Crippen LogP contribution in [0.3, 0.4) is 0 Å². The summed E-state index contributed by atoms with van der Waals surface area (Å²) in [5.41, 5.74) is 3.09. The zero-order valence-corrected chi connectivity index (χ0v) is 15.4. The van der Waals surface area contributed by atoms with Crippen molar-refractivity contribution < 1.29 is 4.79 Å². The largest absolute Gasteiger partial charge is 0.356 e. The number of carbonyl (C=O) groups excluding carboxylic acids is 1. The molecule has 0 unspecified atom stereocenters. The molecule has 1 aliphatic heterocycles. The predicted molar refractivity (Wildman–Crippen MR) is 103 cm³/mol. The molecule has 2 N–H and O–H groups in total. The zero-order valence-electron chi connectivity index (χ0n) is 14.7. The normalized spacial score (nSPS) is 16.9. The third-order valence-corrected chi connectivity index (χ3v) is 5.29. The lowest BCUT2D eigenvalue weighted by molar-refractivity contribution is 0.0596. The number of hydrogen-bond donors (Lipinski definition) is 2. The highest BCUT2D eigenvalue weighted by Crippen LogP contribution is 2.38. The van der Waals surface area contributed by atoms with E-state index in [4.69, 9.17) is 11.6 Å². The topological polar surface area (TPSA) is 69.0 Å². The van der Waals surface area contributed by atoms with Crippen LogP contribution in [0, 0.1) is 5.92 Å². The van der Waals surface area contributed by atoms with Gasteiger partial charge in [0.2, 0.25) is 0 Å². The Bertz CT molecular complexity index is 1050. The number of carbonyl (C=O) groups is 1. The molecule has 1 aliphatic rings. The summed E-state index contributed by atoms with van der Waals surface area (Å²) < 4.78 is 0. The number of hydrogen-bond acceptors (Lipinski definition) is 2. The molecule has 1 atom stereocenters. The van der Waals surface area contributed by atoms with Gasteiger partial charge in [-0.05, 0) is 30.0 Å². The second kappa shape index (κ2) is 6.32. The fourth-order valence-electron chi connectivity index (χ4n) is 3.96. The SMILES string of the molecule is CC(C)[C@@H]1c2[nH]c3ccccc3c2CCN1C(=O)c1cc(Cl)c[nH]c1=O. The molecule has 0 saturated carbocycles. The van der Waals surface area contributed by atoms with Crippen molar-refractivity contribution >= 4 is 28.4 Å². The summed E-state index contributed by atoms with van der Waals surface area (Å²) in [6, 6.07) is 9.53. The van der Waals surface area contributed by atoms with Crippen molar-refractivity contribution in [2.75, 3.05) is 6.54 Å². The molecule has 1 amide bonds. The molecule has 6 heteroatoms. The van der Waals surface area contributed by atoms with E-state index in [-0.39, 0.29) is 23.4 Å². The molecule has 0 saturated heterocycles. The van der Waals surface area contributed by atoms with Crippen LogP contribution >= 0.6 is 11.6 Å². The van der Waals surface area contributed by atoms with E-state index in [1.54, 1.807) is 4.90 Å². The summed E-state index contributed by atoms with van der Waals surface area (Å²) in [7, 11) is 0. The van der Waals surface area contributed by atoms with Crippen LogP contribution in [0.5, 0.6) is 0 Å². The molecule has 4 rings (SSSR count). The molecular formula is C20H20ClN3O2. The number of aromatic nitrogens is 2. The van der Waals surface area contributed by atoms with Crippen LogP contribution in [0.25, 0.3) is 10.9 Å². The van der Waals surface area contributed by atoms with Gasteiger partial charge >= 0.3 is 0 Å².